The molecule has 3 N–H and O–H groups in total. The topological polar surface area (TPSA) is 190 Å². The van der Waals surface area contributed by atoms with E-state index >= 15 is 0 Å². The van der Waals surface area contributed by atoms with Crippen LogP contribution in [0.15, 0.2) is 35.9 Å². The van der Waals surface area contributed by atoms with Gasteiger partial charge < -0.3 is 53.2 Å². The van der Waals surface area contributed by atoms with Gasteiger partial charge in [-0.25, -0.2) is 9.59 Å². The summed E-state index contributed by atoms with van der Waals surface area (Å²) in [5.74, 6) is -0.794. The van der Waals surface area contributed by atoms with Crippen molar-refractivity contribution >= 4 is 57.1 Å². The number of amides is 3. The Morgan fingerprint density at radius 3 is 2.41 bits per heavy atom. The molecule has 4 aliphatic heterocycles. The number of carbonyl (C=O) groups excluding carboxylic acids is 4. The number of methoxy groups -OCH3 is 2. The van der Waals surface area contributed by atoms with Gasteiger partial charge in [0.1, 0.15) is 40.3 Å². The van der Waals surface area contributed by atoms with Crippen molar-refractivity contribution in [2.24, 2.45) is 11.8 Å². The van der Waals surface area contributed by atoms with Gasteiger partial charge >= 0.3 is 12.1 Å². The maximum atomic E-state index is 14.2. The third-order valence-electron chi connectivity index (χ3n) is 11.0. The zero-order valence-corrected chi connectivity index (χ0v) is 39.0. The maximum absolute atomic E-state index is 14.2. The zero-order chi connectivity index (χ0) is 45.1. The number of nitrogens with zero attached hydrogens (tertiary/aromatic N) is 1. The highest BCUT2D eigenvalue weighted by molar-refractivity contribution is 9.09. The Morgan fingerprint density at radius 2 is 1.75 bits per heavy atom. The zero-order valence-electron chi connectivity index (χ0n) is 36.7. The largest absolute Gasteiger partial charge is 0.495 e. The first-order valence-electron chi connectivity index (χ1n) is 20.5. The molecular weight excluding hydrogens is 882 g/mol. The van der Waals surface area contributed by atoms with Crippen LogP contribution in [0, 0.1) is 11.8 Å². The Morgan fingerprint density at radius 1 is 1.08 bits per heavy atom. The summed E-state index contributed by atoms with van der Waals surface area (Å²) in [6.45, 7) is 13.2. The average molecular weight is 945 g/mol. The van der Waals surface area contributed by atoms with Gasteiger partial charge in [0.25, 0.3) is 0 Å². The van der Waals surface area contributed by atoms with E-state index < -0.39 is 59.3 Å². The molecule has 1 aromatic rings. The van der Waals surface area contributed by atoms with E-state index in [4.69, 9.17) is 49.5 Å². The van der Waals surface area contributed by atoms with E-state index in [1.807, 2.05) is 26.8 Å². The van der Waals surface area contributed by atoms with Gasteiger partial charge in [-0.05, 0) is 51.8 Å². The molecule has 9 atom stereocenters. The standard InChI is InChI=1S/C43H63BrClN3O13/c1-26-11-10-12-33(55-9)43(53)19-35(60-40(52)47-43)42(6)25-41(5,61-42)34(18-37(50)48(7)31-16-30(15-26)17-32(54-8)38(31)45)59-39(51)29(4)58-24-28(3)23-57-22-27(2)21-56-14-13-46-36(49)20-44/h10-12,16-17,27-29,33-35,53H,13-15,18-25H2,1-9H3,(H,46,49)(H,47,52)/b12-10+,26-11+/t27?,28?,29-,33+,34-,35?,41+,42?,43-/m0/s1. The average Bonchev–Trinajstić information content (AvgIpc) is 3.19. The van der Waals surface area contributed by atoms with Crippen LogP contribution < -0.4 is 20.3 Å². The third-order valence-corrected chi connectivity index (χ3v) is 11.9. The van der Waals surface area contributed by atoms with E-state index in [9.17, 15) is 24.3 Å². The lowest BCUT2D eigenvalue weighted by atomic mass is 9.72. The molecule has 61 heavy (non-hydrogen) atoms. The lowest BCUT2D eigenvalue weighted by Crippen LogP contribution is -2.72. The van der Waals surface area contributed by atoms with E-state index in [1.54, 1.807) is 52.1 Å². The number of allylic oxidation sites excluding steroid dienone is 3. The quantitative estimate of drug-likeness (QED) is 0.107. The van der Waals surface area contributed by atoms with Crippen molar-refractivity contribution in [3.05, 3.63) is 46.5 Å². The summed E-state index contributed by atoms with van der Waals surface area (Å²) in [4.78, 5) is 53.6. The smallest absolute Gasteiger partial charge is 0.409 e. The molecule has 1 aromatic carbocycles. The van der Waals surface area contributed by atoms with Gasteiger partial charge in [0.05, 0.1) is 57.6 Å². The van der Waals surface area contributed by atoms with Crippen LogP contribution in [-0.2, 0) is 54.0 Å². The fourth-order valence-electron chi connectivity index (χ4n) is 7.67. The summed E-state index contributed by atoms with van der Waals surface area (Å²) in [6, 6.07) is 3.60. The number of halogens is 2. The molecule has 4 aliphatic rings. The number of hydrogen-bond acceptors (Lipinski definition) is 13. The van der Waals surface area contributed by atoms with Crippen LogP contribution in [0.2, 0.25) is 5.02 Å². The van der Waals surface area contributed by atoms with Crippen molar-refractivity contribution in [1.29, 1.82) is 0 Å². The number of fused-ring (bicyclic) bond motifs is 6. The summed E-state index contributed by atoms with van der Waals surface area (Å²) < 4.78 is 47.0. The van der Waals surface area contributed by atoms with Crippen molar-refractivity contribution < 1.29 is 62.2 Å². The van der Waals surface area contributed by atoms with Gasteiger partial charge in [-0.3, -0.25) is 14.9 Å². The van der Waals surface area contributed by atoms with Crippen LogP contribution in [0.3, 0.4) is 0 Å². The summed E-state index contributed by atoms with van der Waals surface area (Å²) in [6.07, 6.45) is 0.626. The molecule has 0 radical (unpaired) electrons. The van der Waals surface area contributed by atoms with Gasteiger partial charge in [-0.2, -0.15) is 0 Å². The Bertz CT molecular complexity index is 1760. The van der Waals surface area contributed by atoms with Gasteiger partial charge in [0.15, 0.2) is 11.8 Å². The lowest BCUT2D eigenvalue weighted by molar-refractivity contribution is -0.328. The number of carbonyl (C=O) groups is 4. The van der Waals surface area contributed by atoms with Crippen LogP contribution in [0.4, 0.5) is 10.5 Å². The highest BCUT2D eigenvalue weighted by Gasteiger charge is 2.63. The number of alkyl carbamates (subject to hydrolysis) is 1. The van der Waals surface area contributed by atoms with Gasteiger partial charge in [0.2, 0.25) is 11.8 Å². The molecule has 4 unspecified atom stereocenters. The van der Waals surface area contributed by atoms with Crippen LogP contribution in [0.25, 0.3) is 0 Å². The second kappa shape index (κ2) is 22.4. The van der Waals surface area contributed by atoms with E-state index in [-0.39, 0.29) is 54.0 Å². The molecule has 3 amide bonds. The van der Waals surface area contributed by atoms with Gasteiger partial charge in [-0.1, -0.05) is 65.2 Å². The van der Waals surface area contributed by atoms with Crippen molar-refractivity contribution in [1.82, 2.24) is 10.6 Å². The maximum Gasteiger partial charge on any atom is 0.409 e. The van der Waals surface area contributed by atoms with Crippen molar-refractivity contribution in [2.75, 3.05) is 71.1 Å². The molecule has 0 saturated carbocycles. The molecule has 342 valence electrons. The van der Waals surface area contributed by atoms with Crippen molar-refractivity contribution in [2.45, 2.75) is 109 Å². The second-order valence-corrected chi connectivity index (χ2v) is 17.7. The third kappa shape index (κ3) is 13.6. The number of anilines is 1. The van der Waals surface area contributed by atoms with Crippen molar-refractivity contribution in [3.63, 3.8) is 0 Å². The van der Waals surface area contributed by atoms with E-state index in [1.165, 1.54) is 19.1 Å². The highest BCUT2D eigenvalue weighted by Crippen LogP contribution is 2.50. The van der Waals surface area contributed by atoms with Crippen LogP contribution in [-0.4, -0.2) is 137 Å². The predicted octanol–water partition coefficient (Wildman–Crippen LogP) is 5.03. The Hall–Kier alpha value is -3.29. The number of esters is 1. The molecule has 0 aromatic heterocycles. The fraction of sp³-hybridized carbons (Fsp3) is 0.674. The summed E-state index contributed by atoms with van der Waals surface area (Å²) >= 11 is 9.89. The SMILES string of the molecule is COc1cc2cc(c1Cl)N(C)C(=O)C[C@H](OC(=O)[C@H](C)OCC(C)COCC(C)COCCNC(=O)CBr)[C@@]1(C)CC(C)(O1)C1C[C@@](O)(NC(=O)O1)[C@H](OC)/C=C/C=C(\C)C2. The number of hydrogen-bond donors (Lipinski definition) is 3. The number of ether oxygens (including phenoxy) is 8. The van der Waals surface area contributed by atoms with Gasteiger partial charge in [-0.15, -0.1) is 0 Å². The molecule has 2 saturated heterocycles. The second-order valence-electron chi connectivity index (χ2n) is 16.8. The lowest BCUT2D eigenvalue weighted by Gasteiger charge is -2.59. The minimum atomic E-state index is -1.85. The first kappa shape index (κ1) is 50.4. The number of rotatable bonds is 17. The molecule has 0 aliphatic carbocycles. The molecule has 18 heteroatoms. The fourth-order valence-corrected chi connectivity index (χ4v) is 8.18. The molecular formula is C43H63BrClN3O13. The molecule has 2 fully saturated rings. The van der Waals surface area contributed by atoms with Crippen LogP contribution in [0.5, 0.6) is 5.75 Å². The van der Waals surface area contributed by atoms with E-state index in [2.05, 4.69) is 26.6 Å². The Labute approximate surface area is 372 Å². The Balaban J connectivity index is 1.50. The number of alkyl halides is 1. The van der Waals surface area contributed by atoms with E-state index in [0.29, 0.717) is 50.8 Å². The predicted molar refractivity (Wildman–Crippen MR) is 231 cm³/mol. The van der Waals surface area contributed by atoms with Crippen molar-refractivity contribution in [3.8, 4) is 5.75 Å². The number of nitrogens with one attached hydrogen (secondary N) is 2. The molecule has 16 nitrogen and oxygen atoms in total. The molecule has 6 bridgehead atoms. The summed E-state index contributed by atoms with van der Waals surface area (Å²) in [5.41, 5.74) is -2.09. The summed E-state index contributed by atoms with van der Waals surface area (Å²) in [7, 11) is 4.51. The number of benzene rings is 1. The molecule has 5 rings (SSSR count). The molecule has 0 spiro atoms. The monoisotopic (exact) mass is 943 g/mol. The minimum Gasteiger partial charge on any atom is -0.495 e. The first-order chi connectivity index (χ1) is 28.8. The van der Waals surface area contributed by atoms with Crippen LogP contribution >= 0.6 is 27.5 Å². The van der Waals surface area contributed by atoms with Crippen LogP contribution in [0.1, 0.15) is 66.4 Å². The highest BCUT2D eigenvalue weighted by atomic mass is 79.9. The minimum absolute atomic E-state index is 0.0667. The Kier molecular flexibility index (Phi) is 18.5. The molecule has 4 heterocycles. The normalized spacial score (nSPS) is 29.7. The first-order valence-corrected chi connectivity index (χ1v) is 22.0. The summed E-state index contributed by atoms with van der Waals surface area (Å²) in [5, 5.41) is 17.5. The number of aliphatic hydroxyl groups is 1. The van der Waals surface area contributed by atoms with Gasteiger partial charge in [0, 0.05) is 45.4 Å². The van der Waals surface area contributed by atoms with E-state index in [0.717, 1.165) is 11.1 Å².